The highest BCUT2D eigenvalue weighted by Crippen LogP contribution is 2.35. The maximum Gasteiger partial charge on any atom is 0.418 e. The second-order valence-electron chi connectivity index (χ2n) is 7.76. The number of anilines is 2. The first kappa shape index (κ1) is 26.2. The molecule has 2 atom stereocenters. The predicted octanol–water partition coefficient (Wildman–Crippen LogP) is 3.43. The lowest BCUT2D eigenvalue weighted by Gasteiger charge is -2.28. The Labute approximate surface area is 212 Å². The average Bonchev–Trinajstić information content (AvgIpc) is 3.36. The molecule has 192 valence electrons. The minimum atomic E-state index is -4.69. The van der Waals surface area contributed by atoms with Gasteiger partial charge in [-0.15, -0.1) is 11.3 Å². The van der Waals surface area contributed by atoms with Crippen LogP contribution in [0.1, 0.15) is 45.1 Å². The molecule has 3 aromatic heterocycles. The minimum absolute atomic E-state index is 0.148. The van der Waals surface area contributed by atoms with Crippen molar-refractivity contribution in [1.82, 2.24) is 25.3 Å². The van der Waals surface area contributed by atoms with Gasteiger partial charge in [-0.05, 0) is 13.0 Å². The maximum atomic E-state index is 13.0. The zero-order valence-electron chi connectivity index (χ0n) is 18.8. The topological polar surface area (TPSA) is 125 Å². The van der Waals surface area contributed by atoms with E-state index in [0.29, 0.717) is 48.9 Å². The van der Waals surface area contributed by atoms with E-state index in [1.807, 2.05) is 4.90 Å². The van der Waals surface area contributed by atoms with Gasteiger partial charge in [-0.25, -0.2) is 19.9 Å². The number of aromatic nitrogens is 4. The summed E-state index contributed by atoms with van der Waals surface area (Å²) in [7, 11) is 0. The fourth-order valence-corrected chi connectivity index (χ4v) is 4.40. The molecule has 1 aliphatic rings. The summed E-state index contributed by atoms with van der Waals surface area (Å²) in [6, 6.07) is 1.87. The molecule has 0 spiro atoms. The van der Waals surface area contributed by atoms with Crippen LogP contribution in [0.4, 0.5) is 24.8 Å². The molecule has 3 aromatic rings. The van der Waals surface area contributed by atoms with Crippen LogP contribution < -0.4 is 15.5 Å². The molecule has 36 heavy (non-hydrogen) atoms. The van der Waals surface area contributed by atoms with Crippen molar-refractivity contribution in [2.75, 3.05) is 36.5 Å². The lowest BCUT2D eigenvalue weighted by molar-refractivity contribution is -0.137. The predicted molar refractivity (Wildman–Crippen MR) is 126 cm³/mol. The van der Waals surface area contributed by atoms with Crippen LogP contribution in [-0.4, -0.2) is 57.3 Å². The summed E-state index contributed by atoms with van der Waals surface area (Å²) in [5, 5.41) is 15.8. The molecule has 3 N–H and O–H groups in total. The second kappa shape index (κ2) is 11.0. The van der Waals surface area contributed by atoms with Crippen molar-refractivity contribution >= 4 is 40.5 Å². The third-order valence-electron chi connectivity index (χ3n) is 5.22. The maximum absolute atomic E-state index is 13.0. The van der Waals surface area contributed by atoms with Crippen LogP contribution in [-0.2, 0) is 10.9 Å². The van der Waals surface area contributed by atoms with Crippen molar-refractivity contribution in [3.8, 4) is 0 Å². The number of hydrogen-bond acceptors (Lipinski definition) is 10. The molecule has 0 saturated carbocycles. The van der Waals surface area contributed by atoms with Gasteiger partial charge in [-0.1, -0.05) is 11.6 Å². The zero-order chi connectivity index (χ0) is 25.9. The highest BCUT2D eigenvalue weighted by atomic mass is 35.5. The van der Waals surface area contributed by atoms with Crippen molar-refractivity contribution in [2.45, 2.75) is 25.4 Å². The Hall–Kier alpha value is -2.91. The Morgan fingerprint density at radius 1 is 1.19 bits per heavy atom. The number of hydrogen-bond donors (Lipinski definition) is 3. The standard InChI is InChI=1S/C21H21ClF3N7O3S/c1-11(30-18(33)14-7-17(29-10-28-14)32-2-4-35-5-3-32)20-27-9-15(36-20)19(34)31-16-6-12(21(23,24)25)13(22)8-26-16/h6-11,18,30,33H,2-5H2,1H3,(H,26,31,34)/t11-,18?/m1/s1. The number of carbonyl (C=O) groups excluding carboxylic acids is 1. The van der Waals surface area contributed by atoms with Crippen LogP contribution >= 0.6 is 22.9 Å². The van der Waals surface area contributed by atoms with E-state index in [0.717, 1.165) is 17.5 Å². The Balaban J connectivity index is 1.39. The molecule has 1 saturated heterocycles. The second-order valence-corrected chi connectivity index (χ2v) is 9.22. The number of alkyl halides is 3. The third kappa shape index (κ3) is 6.25. The number of aliphatic hydroxyl groups is 1. The number of thiazole rings is 1. The number of amides is 1. The molecule has 15 heteroatoms. The van der Waals surface area contributed by atoms with Gasteiger partial charge in [-0.2, -0.15) is 13.2 Å². The summed E-state index contributed by atoms with van der Waals surface area (Å²) in [5.74, 6) is -0.303. The van der Waals surface area contributed by atoms with Crippen LogP contribution in [0.15, 0.2) is 30.9 Å². The molecule has 4 heterocycles. The van der Waals surface area contributed by atoms with Crippen molar-refractivity contribution in [3.05, 3.63) is 57.0 Å². The van der Waals surface area contributed by atoms with Gasteiger partial charge in [0.15, 0.2) is 0 Å². The summed E-state index contributed by atoms with van der Waals surface area (Å²) in [6.45, 7) is 4.29. The van der Waals surface area contributed by atoms with Crippen molar-refractivity contribution in [2.24, 2.45) is 0 Å². The monoisotopic (exact) mass is 543 g/mol. The summed E-state index contributed by atoms with van der Waals surface area (Å²) < 4.78 is 44.5. The quantitative estimate of drug-likeness (QED) is 0.384. The van der Waals surface area contributed by atoms with Gasteiger partial charge in [0.25, 0.3) is 5.91 Å². The van der Waals surface area contributed by atoms with Crippen LogP contribution in [0.3, 0.4) is 0 Å². The van der Waals surface area contributed by atoms with Gasteiger partial charge < -0.3 is 20.1 Å². The van der Waals surface area contributed by atoms with E-state index in [1.54, 1.807) is 13.0 Å². The first-order valence-electron chi connectivity index (χ1n) is 10.7. The Morgan fingerprint density at radius 3 is 2.67 bits per heavy atom. The molecule has 1 fully saturated rings. The summed E-state index contributed by atoms with van der Waals surface area (Å²) in [6.07, 6.45) is -2.34. The number of aliphatic hydroxyl groups excluding tert-OH is 1. The smallest absolute Gasteiger partial charge is 0.378 e. The van der Waals surface area contributed by atoms with E-state index in [9.17, 15) is 23.1 Å². The van der Waals surface area contributed by atoms with E-state index in [-0.39, 0.29) is 10.7 Å². The van der Waals surface area contributed by atoms with E-state index in [1.165, 1.54) is 12.5 Å². The molecule has 0 aromatic carbocycles. The lowest BCUT2D eigenvalue weighted by Crippen LogP contribution is -2.37. The summed E-state index contributed by atoms with van der Waals surface area (Å²) >= 11 is 6.58. The molecule has 10 nitrogen and oxygen atoms in total. The number of morpholine rings is 1. The molecular formula is C21H21ClF3N7O3S. The van der Waals surface area contributed by atoms with Gasteiger partial charge in [0.1, 0.15) is 34.1 Å². The van der Waals surface area contributed by atoms with Crippen LogP contribution in [0.5, 0.6) is 0 Å². The highest BCUT2D eigenvalue weighted by Gasteiger charge is 2.34. The van der Waals surface area contributed by atoms with Gasteiger partial charge in [-0.3, -0.25) is 10.1 Å². The van der Waals surface area contributed by atoms with Crippen LogP contribution in [0.25, 0.3) is 0 Å². The Bertz CT molecular complexity index is 1220. The number of rotatable bonds is 7. The number of carbonyl (C=O) groups is 1. The normalized spacial score (nSPS) is 16.0. The number of nitrogens with zero attached hydrogens (tertiary/aromatic N) is 5. The molecule has 0 radical (unpaired) electrons. The molecule has 1 unspecified atom stereocenters. The first-order valence-corrected chi connectivity index (χ1v) is 11.9. The molecule has 0 aliphatic carbocycles. The number of ether oxygens (including phenoxy) is 1. The average molecular weight is 544 g/mol. The van der Waals surface area contributed by atoms with E-state index >= 15 is 0 Å². The third-order valence-corrected chi connectivity index (χ3v) is 6.70. The van der Waals surface area contributed by atoms with Crippen molar-refractivity contribution < 1.29 is 27.8 Å². The van der Waals surface area contributed by atoms with Gasteiger partial charge >= 0.3 is 6.18 Å². The minimum Gasteiger partial charge on any atom is -0.378 e. The van der Waals surface area contributed by atoms with E-state index in [4.69, 9.17) is 16.3 Å². The molecule has 1 aliphatic heterocycles. The van der Waals surface area contributed by atoms with Crippen molar-refractivity contribution in [1.29, 1.82) is 0 Å². The Morgan fingerprint density at radius 2 is 1.94 bits per heavy atom. The summed E-state index contributed by atoms with van der Waals surface area (Å²) in [4.78, 5) is 31.0. The lowest BCUT2D eigenvalue weighted by atomic mass is 10.2. The van der Waals surface area contributed by atoms with Gasteiger partial charge in [0, 0.05) is 25.4 Å². The van der Waals surface area contributed by atoms with Crippen LogP contribution in [0.2, 0.25) is 5.02 Å². The van der Waals surface area contributed by atoms with Crippen molar-refractivity contribution in [3.63, 3.8) is 0 Å². The summed E-state index contributed by atoms with van der Waals surface area (Å²) in [5.41, 5.74) is -0.741. The SMILES string of the molecule is C[C@@H](NC(O)c1cc(N2CCOCC2)ncn1)c1ncc(C(=O)Nc2cc(C(F)(F)F)c(Cl)cn2)s1. The molecule has 1 amide bonds. The van der Waals surface area contributed by atoms with Gasteiger partial charge in [0.05, 0.1) is 41.7 Å². The molecule has 0 bridgehead atoms. The van der Waals surface area contributed by atoms with E-state index < -0.39 is 34.9 Å². The highest BCUT2D eigenvalue weighted by molar-refractivity contribution is 7.13. The fraction of sp³-hybridized carbons (Fsp3) is 0.381. The first-order chi connectivity index (χ1) is 17.1. The largest absolute Gasteiger partial charge is 0.418 e. The Kier molecular flexibility index (Phi) is 8.00. The van der Waals surface area contributed by atoms with E-state index in [2.05, 4.69) is 30.6 Å². The number of nitrogens with one attached hydrogen (secondary N) is 2. The van der Waals surface area contributed by atoms with Gasteiger partial charge in [0.2, 0.25) is 0 Å². The molecule has 4 rings (SSSR count). The number of halogens is 4. The fourth-order valence-electron chi connectivity index (χ4n) is 3.36. The van der Waals surface area contributed by atoms with Crippen LogP contribution in [0, 0.1) is 0 Å². The zero-order valence-corrected chi connectivity index (χ0v) is 20.4. The number of pyridine rings is 1. The molecular weight excluding hydrogens is 523 g/mol.